The molecule has 1 N–H and O–H groups in total. The summed E-state index contributed by atoms with van der Waals surface area (Å²) < 4.78 is 24.6. The van der Waals surface area contributed by atoms with Gasteiger partial charge in [0, 0.05) is 20.6 Å². The molecular weight excluding hydrogens is 264 g/mol. The van der Waals surface area contributed by atoms with Gasteiger partial charge in [-0.15, -0.1) is 0 Å². The molecule has 0 atom stereocenters. The zero-order valence-electron chi connectivity index (χ0n) is 11.1. The zero-order chi connectivity index (χ0) is 14.5. The summed E-state index contributed by atoms with van der Waals surface area (Å²) in [5.41, 5.74) is 1.62. The van der Waals surface area contributed by atoms with Gasteiger partial charge in [-0.3, -0.25) is 4.79 Å². The maximum absolute atomic E-state index is 11.7. The number of rotatable bonds is 6. The van der Waals surface area contributed by atoms with Crippen LogP contribution in [0.3, 0.4) is 0 Å². The van der Waals surface area contributed by atoms with Crippen molar-refractivity contribution in [2.24, 2.45) is 0 Å². The molecule has 1 amide bonds. The van der Waals surface area contributed by atoms with E-state index in [1.807, 2.05) is 0 Å². The van der Waals surface area contributed by atoms with Gasteiger partial charge in [-0.05, 0) is 17.2 Å². The van der Waals surface area contributed by atoms with E-state index >= 15 is 0 Å². The first-order valence-electron chi connectivity index (χ1n) is 5.73. The van der Waals surface area contributed by atoms with Crippen LogP contribution in [0.15, 0.2) is 36.9 Å². The van der Waals surface area contributed by atoms with Crippen molar-refractivity contribution in [3.8, 4) is 0 Å². The molecule has 0 unspecified atom stereocenters. The van der Waals surface area contributed by atoms with Gasteiger partial charge in [0.25, 0.3) is 0 Å². The number of benzene rings is 1. The van der Waals surface area contributed by atoms with Gasteiger partial charge >= 0.3 is 0 Å². The minimum absolute atomic E-state index is 0.0285. The van der Waals surface area contributed by atoms with Crippen LogP contribution in [0.2, 0.25) is 0 Å². The third-order valence-corrected chi connectivity index (χ3v) is 4.39. The SMILES string of the molecule is C=CC(=O)NCc1ccc(CS(=O)(=O)N(C)C)cc1. The van der Waals surface area contributed by atoms with E-state index in [0.717, 1.165) is 5.56 Å². The molecule has 0 heterocycles. The average molecular weight is 282 g/mol. The number of sulfonamides is 1. The fraction of sp³-hybridized carbons (Fsp3) is 0.308. The van der Waals surface area contributed by atoms with Crippen molar-refractivity contribution in [2.75, 3.05) is 14.1 Å². The van der Waals surface area contributed by atoms with Crippen molar-refractivity contribution >= 4 is 15.9 Å². The lowest BCUT2D eigenvalue weighted by Gasteiger charge is -2.11. The third kappa shape index (κ3) is 4.84. The third-order valence-electron chi connectivity index (χ3n) is 2.58. The quantitative estimate of drug-likeness (QED) is 0.788. The Bertz CT molecular complexity index is 548. The molecule has 0 saturated carbocycles. The highest BCUT2D eigenvalue weighted by Gasteiger charge is 2.14. The van der Waals surface area contributed by atoms with Crippen LogP contribution in [-0.4, -0.2) is 32.7 Å². The van der Waals surface area contributed by atoms with E-state index in [0.29, 0.717) is 12.1 Å². The number of carbonyl (C=O) groups excluding carboxylic acids is 1. The van der Waals surface area contributed by atoms with Crippen molar-refractivity contribution in [1.29, 1.82) is 0 Å². The largest absolute Gasteiger partial charge is 0.348 e. The molecule has 0 spiro atoms. The number of nitrogens with one attached hydrogen (secondary N) is 1. The van der Waals surface area contributed by atoms with E-state index in [9.17, 15) is 13.2 Å². The molecular formula is C13H18N2O3S. The molecule has 5 nitrogen and oxygen atoms in total. The molecule has 0 aromatic heterocycles. The standard InChI is InChI=1S/C13H18N2O3S/c1-4-13(16)14-9-11-5-7-12(8-6-11)10-19(17,18)15(2)3/h4-8H,1,9-10H2,2-3H3,(H,14,16). The van der Waals surface area contributed by atoms with E-state index in [-0.39, 0.29) is 11.7 Å². The Labute approximate surface area is 114 Å². The van der Waals surface area contributed by atoms with Crippen LogP contribution in [0.4, 0.5) is 0 Å². The number of amides is 1. The van der Waals surface area contributed by atoms with E-state index in [2.05, 4.69) is 11.9 Å². The van der Waals surface area contributed by atoms with Crippen LogP contribution in [0.5, 0.6) is 0 Å². The van der Waals surface area contributed by atoms with Crippen molar-refractivity contribution < 1.29 is 13.2 Å². The van der Waals surface area contributed by atoms with Crippen molar-refractivity contribution in [1.82, 2.24) is 9.62 Å². The van der Waals surface area contributed by atoms with Gasteiger partial charge in [0.05, 0.1) is 5.75 Å². The summed E-state index contributed by atoms with van der Waals surface area (Å²) in [5.74, 6) is -0.265. The fourth-order valence-electron chi connectivity index (χ4n) is 1.35. The van der Waals surface area contributed by atoms with Gasteiger partial charge in [0.15, 0.2) is 0 Å². The molecule has 0 aliphatic rings. The zero-order valence-corrected chi connectivity index (χ0v) is 11.9. The van der Waals surface area contributed by atoms with Crippen LogP contribution in [0.1, 0.15) is 11.1 Å². The highest BCUT2D eigenvalue weighted by molar-refractivity contribution is 7.88. The summed E-state index contributed by atoms with van der Waals surface area (Å²) in [5, 5.41) is 2.65. The summed E-state index contributed by atoms with van der Waals surface area (Å²) in [6, 6.07) is 7.08. The smallest absolute Gasteiger partial charge is 0.243 e. The highest BCUT2D eigenvalue weighted by atomic mass is 32.2. The van der Waals surface area contributed by atoms with E-state index < -0.39 is 10.0 Å². The first-order chi connectivity index (χ1) is 8.85. The Balaban J connectivity index is 2.67. The Morgan fingerprint density at radius 1 is 1.26 bits per heavy atom. The number of nitrogens with zero attached hydrogens (tertiary/aromatic N) is 1. The molecule has 1 aromatic rings. The molecule has 1 rings (SSSR count). The molecule has 0 aliphatic carbocycles. The second-order valence-electron chi connectivity index (χ2n) is 4.28. The van der Waals surface area contributed by atoms with E-state index in [4.69, 9.17) is 0 Å². The lowest BCUT2D eigenvalue weighted by atomic mass is 10.1. The second kappa shape index (κ2) is 6.49. The van der Waals surface area contributed by atoms with Crippen molar-refractivity contribution in [3.63, 3.8) is 0 Å². The predicted octanol–water partition coefficient (Wildman–Crippen LogP) is 0.880. The predicted molar refractivity (Wildman–Crippen MR) is 74.8 cm³/mol. The lowest BCUT2D eigenvalue weighted by molar-refractivity contribution is -0.116. The maximum Gasteiger partial charge on any atom is 0.243 e. The number of hydrogen-bond acceptors (Lipinski definition) is 3. The van der Waals surface area contributed by atoms with Gasteiger partial charge in [-0.2, -0.15) is 0 Å². The van der Waals surface area contributed by atoms with Crippen LogP contribution in [-0.2, 0) is 27.1 Å². The van der Waals surface area contributed by atoms with Crippen molar-refractivity contribution in [2.45, 2.75) is 12.3 Å². The lowest BCUT2D eigenvalue weighted by Crippen LogP contribution is -2.23. The molecule has 0 bridgehead atoms. The normalized spacial score (nSPS) is 11.3. The Hall–Kier alpha value is -1.66. The van der Waals surface area contributed by atoms with E-state index in [1.165, 1.54) is 24.5 Å². The fourth-order valence-corrected chi connectivity index (χ4v) is 2.23. The van der Waals surface area contributed by atoms with Crippen LogP contribution < -0.4 is 5.32 Å². The minimum Gasteiger partial charge on any atom is -0.348 e. The first-order valence-corrected chi connectivity index (χ1v) is 7.34. The molecule has 0 radical (unpaired) electrons. The van der Waals surface area contributed by atoms with Crippen LogP contribution >= 0.6 is 0 Å². The highest BCUT2D eigenvalue weighted by Crippen LogP contribution is 2.10. The monoisotopic (exact) mass is 282 g/mol. The van der Waals surface area contributed by atoms with Gasteiger partial charge in [-0.25, -0.2) is 12.7 Å². The number of carbonyl (C=O) groups is 1. The second-order valence-corrected chi connectivity index (χ2v) is 6.46. The summed E-state index contributed by atoms with van der Waals surface area (Å²) in [4.78, 5) is 11.0. The maximum atomic E-state index is 11.7. The summed E-state index contributed by atoms with van der Waals surface area (Å²) >= 11 is 0. The van der Waals surface area contributed by atoms with Crippen LogP contribution in [0.25, 0.3) is 0 Å². The summed E-state index contributed by atoms with van der Waals surface area (Å²) in [7, 11) is -0.227. The molecule has 1 aromatic carbocycles. The van der Waals surface area contributed by atoms with Gasteiger partial charge < -0.3 is 5.32 Å². The molecule has 6 heteroatoms. The van der Waals surface area contributed by atoms with Crippen LogP contribution in [0, 0.1) is 0 Å². The molecule has 104 valence electrons. The topological polar surface area (TPSA) is 66.5 Å². The Kier molecular flexibility index (Phi) is 5.26. The molecule has 0 saturated heterocycles. The van der Waals surface area contributed by atoms with E-state index in [1.54, 1.807) is 24.3 Å². The van der Waals surface area contributed by atoms with Gasteiger partial charge in [0.1, 0.15) is 0 Å². The van der Waals surface area contributed by atoms with Gasteiger partial charge in [-0.1, -0.05) is 30.8 Å². The molecule has 19 heavy (non-hydrogen) atoms. The minimum atomic E-state index is -3.24. The Morgan fingerprint density at radius 3 is 2.26 bits per heavy atom. The molecule has 0 aliphatic heterocycles. The summed E-state index contributed by atoms with van der Waals surface area (Å²) in [6.45, 7) is 3.75. The Morgan fingerprint density at radius 2 is 1.79 bits per heavy atom. The van der Waals surface area contributed by atoms with Gasteiger partial charge in [0.2, 0.25) is 15.9 Å². The first kappa shape index (κ1) is 15.4. The van der Waals surface area contributed by atoms with Crippen molar-refractivity contribution in [3.05, 3.63) is 48.0 Å². The molecule has 0 fully saturated rings. The average Bonchev–Trinajstić information content (AvgIpc) is 2.37. The number of hydrogen-bond donors (Lipinski definition) is 1. The summed E-state index contributed by atoms with van der Waals surface area (Å²) in [6.07, 6.45) is 1.21.